The van der Waals surface area contributed by atoms with Crippen LogP contribution in [0, 0.1) is 12.8 Å². The number of hydrogen-bond acceptors (Lipinski definition) is 16. The van der Waals surface area contributed by atoms with Crippen molar-refractivity contribution < 1.29 is 76.5 Å². The minimum Gasteiger partial charge on any atom is -0.462 e. The highest BCUT2D eigenvalue weighted by Gasteiger charge is 2.64. The molecule has 1 aromatic rings. The van der Waals surface area contributed by atoms with Gasteiger partial charge in [0.1, 0.15) is 41.7 Å². The summed E-state index contributed by atoms with van der Waals surface area (Å²) in [5.74, 6) is -2.88. The fraction of sp³-hybridized carbons (Fsp3) is 0.695. The maximum atomic E-state index is 14.3. The van der Waals surface area contributed by atoms with Gasteiger partial charge in [-0.3, -0.25) is 19.2 Å². The predicted molar refractivity (Wildman–Crippen MR) is 300 cm³/mol. The zero-order valence-corrected chi connectivity index (χ0v) is 49.6. The first-order valence-electron chi connectivity index (χ1n) is 28.2. The Hall–Kier alpha value is -4.93. The molecular weight excluding hydrogens is 1060 g/mol. The lowest BCUT2D eigenvalue weighted by atomic mass is 9.78. The number of epoxide rings is 1. The number of likely N-dealkylation sites (N-methyl/N-ethyl adjacent to an activating group) is 3. The van der Waals surface area contributed by atoms with Crippen molar-refractivity contribution in [1.82, 2.24) is 14.7 Å². The molecule has 2 fully saturated rings. The average Bonchev–Trinajstić information content (AvgIpc) is 4.29. The lowest BCUT2D eigenvalue weighted by Gasteiger charge is -2.41. The largest absolute Gasteiger partial charge is 0.462 e. The molecule has 1 aliphatic carbocycles. The number of aliphatic hydroxyl groups is 1. The van der Waals surface area contributed by atoms with Gasteiger partial charge >= 0.3 is 18.0 Å². The van der Waals surface area contributed by atoms with Crippen LogP contribution >= 0.6 is 11.6 Å². The van der Waals surface area contributed by atoms with Crippen LogP contribution in [0.25, 0.3) is 0 Å². The van der Waals surface area contributed by atoms with Crippen LogP contribution in [0.4, 0.5) is 10.5 Å². The normalized spacial score (nSPS) is 27.2. The molecule has 0 aromatic heterocycles. The van der Waals surface area contributed by atoms with Gasteiger partial charge in [0.2, 0.25) is 17.7 Å². The van der Waals surface area contributed by atoms with Crippen molar-refractivity contribution in [2.75, 3.05) is 106 Å². The van der Waals surface area contributed by atoms with Crippen molar-refractivity contribution in [3.63, 3.8) is 0 Å². The van der Waals surface area contributed by atoms with E-state index < -0.39 is 65.4 Å². The van der Waals surface area contributed by atoms with Crippen LogP contribution in [0.1, 0.15) is 109 Å². The number of anilines is 1. The standard InChI is InChI=1S/C59H89ClN4O16/c1-40-18-16-21-48(72-10)59(71)38-47(78-53(68)39-59)42(3)55-58(5,80-55)49(37-52(67)64(9)46-36-44(34-40)35-41(2)54(46)60)79-56(69)43(4)63(8)51(66)23-17-22-50(65)61(6)24-26-73-28-30-75-32-33-76-31-29-74-27-25-62(7)57(70)77-45-19-14-12-11-13-15-20-45/h11-12,16,18,21,35-36,42-43,45,47-49,55,71H,13-15,17,19-20,22-34,37-39H2,1-10H3/b12-11+,21-16+,40-18+/t42-,43+,45?,47+,48-,49+,55+,58+,59-/m1/s1. The molecule has 9 atom stereocenters. The van der Waals surface area contributed by atoms with Crippen molar-refractivity contribution in [3.05, 3.63) is 64.2 Å². The number of aryl methyl sites for hydroxylation is 1. The van der Waals surface area contributed by atoms with Crippen LogP contribution in [-0.4, -0.2) is 205 Å². The fourth-order valence-corrected chi connectivity index (χ4v) is 10.4. The van der Waals surface area contributed by atoms with E-state index in [4.69, 9.17) is 54.2 Å². The van der Waals surface area contributed by atoms with Gasteiger partial charge in [0.15, 0.2) is 0 Å². The minimum absolute atomic E-state index is 0.0133. The Morgan fingerprint density at radius 2 is 1.50 bits per heavy atom. The van der Waals surface area contributed by atoms with Crippen molar-refractivity contribution >= 4 is 53.0 Å². The number of methoxy groups -OCH3 is 1. The zero-order valence-electron chi connectivity index (χ0n) is 48.9. The van der Waals surface area contributed by atoms with Crippen LogP contribution in [0.15, 0.2) is 48.1 Å². The number of ether oxygens (including phenoxy) is 9. The van der Waals surface area contributed by atoms with Crippen LogP contribution < -0.4 is 4.90 Å². The molecule has 0 saturated carbocycles. The monoisotopic (exact) mass is 1140 g/mol. The molecule has 4 bridgehead atoms. The van der Waals surface area contributed by atoms with Gasteiger partial charge in [-0.25, -0.2) is 9.59 Å². The van der Waals surface area contributed by atoms with Gasteiger partial charge in [0.25, 0.3) is 0 Å². The third-order valence-corrected chi connectivity index (χ3v) is 16.0. The highest BCUT2D eigenvalue weighted by Crippen LogP contribution is 2.50. The van der Waals surface area contributed by atoms with E-state index in [0.29, 0.717) is 83.1 Å². The molecule has 2 saturated heterocycles. The van der Waals surface area contributed by atoms with Crippen LogP contribution in [0.3, 0.4) is 0 Å². The van der Waals surface area contributed by atoms with Crippen molar-refractivity contribution in [1.29, 1.82) is 0 Å². The van der Waals surface area contributed by atoms with Crippen molar-refractivity contribution in [3.8, 4) is 0 Å². The van der Waals surface area contributed by atoms with Crippen LogP contribution in [0.2, 0.25) is 5.02 Å². The molecular formula is C59H89ClN4O16. The predicted octanol–water partition coefficient (Wildman–Crippen LogP) is 6.72. The van der Waals surface area contributed by atoms with Crippen LogP contribution in [0.5, 0.6) is 0 Å². The average molecular weight is 1150 g/mol. The topological polar surface area (TPSA) is 222 Å². The number of benzene rings is 1. The number of allylic oxidation sites excluding steroid dienone is 5. The molecule has 4 aliphatic rings. The fourth-order valence-electron chi connectivity index (χ4n) is 10.1. The van der Waals surface area contributed by atoms with Gasteiger partial charge in [-0.2, -0.15) is 0 Å². The Bertz CT molecular complexity index is 2330. The zero-order chi connectivity index (χ0) is 58.6. The summed E-state index contributed by atoms with van der Waals surface area (Å²) < 4.78 is 52.1. The number of rotatable bonds is 24. The van der Waals surface area contributed by atoms with Gasteiger partial charge in [0.05, 0.1) is 82.5 Å². The van der Waals surface area contributed by atoms with E-state index in [1.54, 1.807) is 40.2 Å². The number of carbonyl (C=O) groups excluding carboxylic acids is 6. The summed E-state index contributed by atoms with van der Waals surface area (Å²) in [6.45, 7) is 12.5. The maximum absolute atomic E-state index is 14.3. The number of amides is 4. The summed E-state index contributed by atoms with van der Waals surface area (Å²) in [7, 11) is 7.93. The first kappa shape index (κ1) is 65.9. The van der Waals surface area contributed by atoms with E-state index in [1.165, 1.54) is 40.7 Å². The number of fused-ring (bicyclic) bond motifs is 5. The summed E-state index contributed by atoms with van der Waals surface area (Å²) in [6.07, 6.45) is 10.8. The third-order valence-electron chi connectivity index (χ3n) is 15.5. The summed E-state index contributed by atoms with van der Waals surface area (Å²) >= 11 is 6.84. The molecule has 3 heterocycles. The number of carbonyl (C=O) groups is 6. The Balaban J connectivity index is 1.03. The molecule has 1 aromatic carbocycles. The molecule has 5 rings (SSSR count). The lowest BCUT2D eigenvalue weighted by molar-refractivity contribution is -0.187. The Labute approximate surface area is 478 Å². The highest BCUT2D eigenvalue weighted by molar-refractivity contribution is 6.34. The highest BCUT2D eigenvalue weighted by atomic mass is 35.5. The van der Waals surface area contributed by atoms with E-state index >= 15 is 0 Å². The second-order valence-electron chi connectivity index (χ2n) is 21.9. The molecule has 1 unspecified atom stereocenters. The molecule has 0 spiro atoms. The maximum Gasteiger partial charge on any atom is 0.409 e. The summed E-state index contributed by atoms with van der Waals surface area (Å²) in [5.41, 5.74) is 0.253. The quantitative estimate of drug-likeness (QED) is 0.0373. The third kappa shape index (κ3) is 19.6. The van der Waals surface area contributed by atoms with Crippen molar-refractivity contribution in [2.45, 2.75) is 159 Å². The molecule has 0 radical (unpaired) electrons. The molecule has 80 heavy (non-hydrogen) atoms. The summed E-state index contributed by atoms with van der Waals surface area (Å²) in [4.78, 5) is 86.1. The first-order chi connectivity index (χ1) is 38.1. The van der Waals surface area contributed by atoms with Gasteiger partial charge in [-0.1, -0.05) is 60.5 Å². The van der Waals surface area contributed by atoms with Crippen molar-refractivity contribution in [2.24, 2.45) is 5.92 Å². The Morgan fingerprint density at radius 1 is 0.875 bits per heavy atom. The summed E-state index contributed by atoms with van der Waals surface area (Å²) in [6, 6.07) is 2.71. The Kier molecular flexibility index (Phi) is 26.4. The van der Waals surface area contributed by atoms with Gasteiger partial charge in [0, 0.05) is 73.6 Å². The van der Waals surface area contributed by atoms with E-state index in [2.05, 4.69) is 12.2 Å². The molecule has 20 nitrogen and oxygen atoms in total. The lowest BCUT2D eigenvalue weighted by Crippen LogP contribution is -2.53. The van der Waals surface area contributed by atoms with Gasteiger partial charge in [-0.05, 0) is 89.8 Å². The second-order valence-corrected chi connectivity index (χ2v) is 22.2. The van der Waals surface area contributed by atoms with Crippen LogP contribution in [-0.2, 0) is 73.0 Å². The smallest absolute Gasteiger partial charge is 0.409 e. The molecule has 1 N–H and O–H groups in total. The number of halogens is 1. The SMILES string of the molecule is CO[C@@H]1/C=C/C=C(\C)Cc2cc(C)c(Cl)c(c2)N(C)C(=O)C[C@H](OC(=O)[C@H](C)N(C)C(=O)CCCC(=O)N(C)CCOCCOCCOCCOCCN(C)C(=O)OC2CC/C=C/CCC2)[C@]2(C)O[C@H]2[C@H](C)[C@@H]2C[C@@]1(O)CC(=O)O2. The molecule has 21 heteroatoms. The number of esters is 2. The van der Waals surface area contributed by atoms with E-state index in [1.807, 2.05) is 39.0 Å². The minimum atomic E-state index is -1.60. The Morgan fingerprint density at radius 3 is 2.16 bits per heavy atom. The summed E-state index contributed by atoms with van der Waals surface area (Å²) in [5, 5.41) is 12.3. The second kappa shape index (κ2) is 32.1. The number of nitrogens with zero attached hydrogens (tertiary/aromatic N) is 4. The van der Waals surface area contributed by atoms with Gasteiger partial charge < -0.3 is 67.3 Å². The van der Waals surface area contributed by atoms with E-state index in [9.17, 15) is 33.9 Å². The van der Waals surface area contributed by atoms with E-state index in [0.717, 1.165) is 48.8 Å². The molecule has 3 aliphatic heterocycles. The molecule has 4 amide bonds. The first-order valence-corrected chi connectivity index (χ1v) is 28.6. The number of hydrogen-bond donors (Lipinski definition) is 1. The molecule has 448 valence electrons. The van der Waals surface area contributed by atoms with E-state index in [-0.39, 0.29) is 62.5 Å². The van der Waals surface area contributed by atoms with Gasteiger partial charge in [-0.15, -0.1) is 0 Å².